The van der Waals surface area contributed by atoms with Gasteiger partial charge in [0, 0.05) is 6.54 Å². The minimum atomic E-state index is -1.87. The number of halogens is 4. The second-order valence-electron chi connectivity index (χ2n) is 5.89. The molecule has 1 saturated heterocycles. The van der Waals surface area contributed by atoms with Gasteiger partial charge >= 0.3 is 5.97 Å². The fourth-order valence-electron chi connectivity index (χ4n) is 2.17. The lowest BCUT2D eigenvalue weighted by Crippen LogP contribution is -2.60. The quantitative estimate of drug-likeness (QED) is 0.416. The number of nitrogens with one attached hydrogen (secondary N) is 2. The first-order valence-electron chi connectivity index (χ1n) is 7.86. The number of hydrogen-bond acceptors (Lipinski definition) is 6. The molecule has 8 nitrogen and oxygen atoms in total. The molecule has 0 aliphatic carbocycles. The van der Waals surface area contributed by atoms with E-state index in [9.17, 15) is 23.9 Å². The summed E-state index contributed by atoms with van der Waals surface area (Å²) in [5.41, 5.74) is 2.69. The first kappa shape index (κ1) is 23.2. The molecule has 0 saturated carbocycles. The van der Waals surface area contributed by atoms with Gasteiger partial charge < -0.3 is 15.2 Å². The molecule has 0 aromatic carbocycles. The molecule has 12 heteroatoms. The Hall–Kier alpha value is -0.870. The van der Waals surface area contributed by atoms with Crippen molar-refractivity contribution in [2.45, 2.75) is 54.8 Å². The van der Waals surface area contributed by atoms with E-state index >= 15 is 0 Å². The number of hydrogen-bond donors (Lipinski definition) is 3. The molecule has 4 unspecified atom stereocenters. The standard InChI is InChI=1S/C14H21Cl3FN3O5/c1-7(18)10(22)11(23)19-8(2)12(24)21-5-3-4-9(20-21)13(25)26-6-14(15,16)17/h7-10,20,22H,3-6H2,1-2H3,(H,19,23). The molecule has 1 rings (SSSR count). The van der Waals surface area contributed by atoms with Crippen molar-refractivity contribution in [1.82, 2.24) is 15.8 Å². The SMILES string of the molecule is CC(NC(=O)C(O)C(C)F)C(=O)N1CCCC(C(=O)OCC(Cl)(Cl)Cl)N1. The minimum Gasteiger partial charge on any atom is -0.460 e. The van der Waals surface area contributed by atoms with Gasteiger partial charge in [-0.25, -0.2) is 9.82 Å². The number of aliphatic hydroxyl groups is 1. The van der Waals surface area contributed by atoms with Gasteiger partial charge in [0.2, 0.25) is 3.79 Å². The van der Waals surface area contributed by atoms with Crippen molar-refractivity contribution in [1.29, 1.82) is 0 Å². The molecule has 3 N–H and O–H groups in total. The molecule has 1 aliphatic heterocycles. The van der Waals surface area contributed by atoms with Crippen LogP contribution in [0.2, 0.25) is 0 Å². The highest BCUT2D eigenvalue weighted by atomic mass is 35.6. The summed E-state index contributed by atoms with van der Waals surface area (Å²) in [6, 6.07) is -1.86. The van der Waals surface area contributed by atoms with E-state index in [4.69, 9.17) is 39.5 Å². The first-order valence-corrected chi connectivity index (χ1v) is 8.99. The Labute approximate surface area is 165 Å². The van der Waals surface area contributed by atoms with E-state index in [1.165, 1.54) is 6.92 Å². The lowest BCUT2D eigenvalue weighted by molar-refractivity contribution is -0.153. The number of carbonyl (C=O) groups excluding carboxylic acids is 3. The topological polar surface area (TPSA) is 108 Å². The maximum Gasteiger partial charge on any atom is 0.325 e. The molecule has 150 valence electrons. The van der Waals surface area contributed by atoms with Gasteiger partial charge in [-0.2, -0.15) is 0 Å². The van der Waals surface area contributed by atoms with Crippen LogP contribution in [0.15, 0.2) is 0 Å². The van der Waals surface area contributed by atoms with Crippen LogP contribution in [0.4, 0.5) is 4.39 Å². The van der Waals surface area contributed by atoms with Gasteiger partial charge in [0.25, 0.3) is 11.8 Å². The lowest BCUT2D eigenvalue weighted by atomic mass is 10.1. The van der Waals surface area contributed by atoms with Crippen LogP contribution in [-0.2, 0) is 19.1 Å². The van der Waals surface area contributed by atoms with Crippen molar-refractivity contribution in [2.75, 3.05) is 13.2 Å². The van der Waals surface area contributed by atoms with Crippen LogP contribution in [-0.4, -0.2) is 69.2 Å². The van der Waals surface area contributed by atoms with Crippen LogP contribution in [0.3, 0.4) is 0 Å². The van der Waals surface area contributed by atoms with Crippen LogP contribution in [0.5, 0.6) is 0 Å². The summed E-state index contributed by atoms with van der Waals surface area (Å²) < 4.78 is 16.1. The number of alkyl halides is 4. The number of hydrazine groups is 1. The van der Waals surface area contributed by atoms with Crippen LogP contribution in [0.25, 0.3) is 0 Å². The highest BCUT2D eigenvalue weighted by Gasteiger charge is 2.33. The summed E-state index contributed by atoms with van der Waals surface area (Å²) in [6.45, 7) is 2.25. The van der Waals surface area contributed by atoms with Crippen molar-refractivity contribution >= 4 is 52.6 Å². The number of amides is 2. The summed E-state index contributed by atoms with van der Waals surface area (Å²) in [7, 11) is 0. The van der Waals surface area contributed by atoms with Gasteiger partial charge in [0.05, 0.1) is 0 Å². The van der Waals surface area contributed by atoms with Gasteiger partial charge in [0.15, 0.2) is 6.10 Å². The molecule has 0 spiro atoms. The van der Waals surface area contributed by atoms with Gasteiger partial charge in [-0.3, -0.25) is 19.4 Å². The third-order valence-corrected chi connectivity index (χ3v) is 3.88. The van der Waals surface area contributed by atoms with E-state index < -0.39 is 52.5 Å². The Kier molecular flexibility index (Phi) is 8.81. The van der Waals surface area contributed by atoms with E-state index in [0.717, 1.165) is 11.9 Å². The lowest BCUT2D eigenvalue weighted by Gasteiger charge is -2.34. The van der Waals surface area contributed by atoms with Crippen molar-refractivity contribution < 1.29 is 28.6 Å². The third-order valence-electron chi connectivity index (χ3n) is 3.55. The van der Waals surface area contributed by atoms with Crippen molar-refractivity contribution in [2.24, 2.45) is 0 Å². The third kappa shape index (κ3) is 7.40. The van der Waals surface area contributed by atoms with Crippen LogP contribution >= 0.6 is 34.8 Å². The molecule has 1 heterocycles. The zero-order valence-electron chi connectivity index (χ0n) is 14.2. The first-order chi connectivity index (χ1) is 11.9. The zero-order valence-corrected chi connectivity index (χ0v) is 16.4. The second kappa shape index (κ2) is 9.89. The summed E-state index contributed by atoms with van der Waals surface area (Å²) in [6.07, 6.45) is -2.75. The van der Waals surface area contributed by atoms with Crippen molar-refractivity contribution in [3.05, 3.63) is 0 Å². The van der Waals surface area contributed by atoms with Gasteiger partial charge in [0.1, 0.15) is 24.9 Å². The Morgan fingerprint density at radius 1 is 1.38 bits per heavy atom. The van der Waals surface area contributed by atoms with Crippen molar-refractivity contribution in [3.8, 4) is 0 Å². The van der Waals surface area contributed by atoms with E-state index in [2.05, 4.69) is 10.7 Å². The van der Waals surface area contributed by atoms with Crippen molar-refractivity contribution in [3.63, 3.8) is 0 Å². The number of nitrogens with zero attached hydrogens (tertiary/aromatic N) is 1. The molecular weight excluding hydrogens is 416 g/mol. The summed E-state index contributed by atoms with van der Waals surface area (Å²) in [5, 5.41) is 12.7. The number of rotatable bonds is 6. The second-order valence-corrected chi connectivity index (χ2v) is 8.41. The predicted octanol–water partition coefficient (Wildman–Crippen LogP) is 0.619. The van der Waals surface area contributed by atoms with Crippen LogP contribution in [0.1, 0.15) is 26.7 Å². The van der Waals surface area contributed by atoms with E-state index in [1.807, 2.05) is 0 Å². The molecule has 4 atom stereocenters. The number of carbonyl (C=O) groups is 3. The molecular formula is C14H21Cl3FN3O5. The maximum atomic E-state index is 12.9. The number of esters is 1. The minimum absolute atomic E-state index is 0.287. The Morgan fingerprint density at radius 3 is 2.54 bits per heavy atom. The highest BCUT2D eigenvalue weighted by Crippen LogP contribution is 2.26. The number of aliphatic hydroxyl groups excluding tert-OH is 1. The fourth-order valence-corrected chi connectivity index (χ4v) is 2.34. The van der Waals surface area contributed by atoms with E-state index in [1.54, 1.807) is 0 Å². The van der Waals surface area contributed by atoms with Gasteiger partial charge in [-0.15, -0.1) is 0 Å². The average molecular weight is 437 g/mol. The summed E-state index contributed by atoms with van der Waals surface area (Å²) in [5.74, 6) is -2.25. The molecule has 1 aliphatic rings. The van der Waals surface area contributed by atoms with Crippen LogP contribution in [0, 0.1) is 0 Å². The largest absolute Gasteiger partial charge is 0.460 e. The molecule has 0 radical (unpaired) electrons. The molecule has 2 amide bonds. The Balaban J connectivity index is 2.58. The molecule has 0 aromatic rings. The average Bonchev–Trinajstić information content (AvgIpc) is 2.57. The number of ether oxygens (including phenoxy) is 1. The van der Waals surface area contributed by atoms with Gasteiger partial charge in [-0.1, -0.05) is 34.8 Å². The van der Waals surface area contributed by atoms with Gasteiger partial charge in [-0.05, 0) is 26.7 Å². The van der Waals surface area contributed by atoms with E-state index in [0.29, 0.717) is 12.8 Å². The fraction of sp³-hybridized carbons (Fsp3) is 0.786. The summed E-state index contributed by atoms with van der Waals surface area (Å²) >= 11 is 16.5. The Bertz CT molecular complexity index is 532. The summed E-state index contributed by atoms with van der Waals surface area (Å²) in [4.78, 5) is 36.0. The van der Waals surface area contributed by atoms with Crippen LogP contribution < -0.4 is 10.7 Å². The normalized spacial score (nSPS) is 21.5. The smallest absolute Gasteiger partial charge is 0.325 e. The zero-order chi connectivity index (χ0) is 20.1. The van der Waals surface area contributed by atoms with E-state index in [-0.39, 0.29) is 6.54 Å². The molecule has 26 heavy (non-hydrogen) atoms. The predicted molar refractivity (Wildman–Crippen MR) is 93.3 cm³/mol. The highest BCUT2D eigenvalue weighted by molar-refractivity contribution is 6.67. The molecule has 0 bridgehead atoms. The monoisotopic (exact) mass is 435 g/mol. The Morgan fingerprint density at radius 2 is 2.00 bits per heavy atom. The molecule has 0 aromatic heterocycles. The maximum absolute atomic E-state index is 12.9. The molecule has 1 fully saturated rings.